The number of carbonyl (C=O) groups excluding carboxylic acids is 1. The van der Waals surface area contributed by atoms with Gasteiger partial charge in [0.2, 0.25) is 0 Å². The van der Waals surface area contributed by atoms with Crippen molar-refractivity contribution in [3.05, 3.63) is 12.2 Å². The number of aliphatic hydroxyl groups is 1. The molecular weight excluding hydrogens is 388 g/mol. The smallest absolute Gasteiger partial charge is 0.330 e. The molecule has 2 aliphatic rings. The molecule has 0 aliphatic heterocycles. The van der Waals surface area contributed by atoms with E-state index in [0.29, 0.717) is 24.4 Å². The molecule has 4 heteroatoms. The highest BCUT2D eigenvalue weighted by Gasteiger charge is 2.29. The highest BCUT2D eigenvalue weighted by molar-refractivity contribution is 5.81. The predicted molar refractivity (Wildman–Crippen MR) is 129 cm³/mol. The van der Waals surface area contributed by atoms with Crippen molar-refractivity contribution in [2.45, 2.75) is 86.5 Å². The van der Waals surface area contributed by atoms with E-state index in [-0.39, 0.29) is 25.8 Å². The Morgan fingerprint density at radius 2 is 1.55 bits per heavy atom. The Bertz CT molecular complexity index is 491. The Balaban J connectivity index is 0.000000399. The Morgan fingerprint density at radius 1 is 0.903 bits per heavy atom. The molecular formula is C27H50O4. The molecule has 2 saturated carbocycles. The summed E-state index contributed by atoms with van der Waals surface area (Å²) in [6.07, 6.45) is 13.2. The van der Waals surface area contributed by atoms with Crippen LogP contribution >= 0.6 is 0 Å². The van der Waals surface area contributed by atoms with Crippen molar-refractivity contribution in [1.29, 1.82) is 0 Å². The standard InChI is InChI=1S/C17H30O4.C10H20/c1-13(2)16-6-4-14(3)12-15(16)5-7-17(19)21-11-10-20-9-8-18;1-8(2)10-6-4-9(3)5-7-10/h5,7,13-16,18H,4,6,8-12H2,1-3H3;8-10H,4-7H2,1-3H3. The van der Waals surface area contributed by atoms with Crippen LogP contribution in [0.15, 0.2) is 12.2 Å². The minimum absolute atomic E-state index is 0.00962. The molecule has 0 heterocycles. The van der Waals surface area contributed by atoms with Crippen LogP contribution in [0.1, 0.15) is 86.5 Å². The lowest BCUT2D eigenvalue weighted by Crippen LogP contribution is -2.26. The molecule has 182 valence electrons. The van der Waals surface area contributed by atoms with E-state index in [1.54, 1.807) is 6.08 Å². The number of hydrogen-bond donors (Lipinski definition) is 1. The maximum atomic E-state index is 11.7. The first kappa shape index (κ1) is 28.2. The normalized spacial score (nSPS) is 29.1. The minimum Gasteiger partial charge on any atom is -0.460 e. The lowest BCUT2D eigenvalue weighted by Gasteiger charge is -2.35. The van der Waals surface area contributed by atoms with Crippen LogP contribution in [-0.2, 0) is 14.3 Å². The highest BCUT2D eigenvalue weighted by Crippen LogP contribution is 2.38. The molecule has 0 aromatic heterocycles. The van der Waals surface area contributed by atoms with Gasteiger partial charge in [-0.15, -0.1) is 0 Å². The Labute approximate surface area is 192 Å². The first-order valence-corrected chi connectivity index (χ1v) is 12.8. The molecule has 0 aromatic rings. The summed E-state index contributed by atoms with van der Waals surface area (Å²) < 4.78 is 10.1. The van der Waals surface area contributed by atoms with E-state index < -0.39 is 0 Å². The van der Waals surface area contributed by atoms with Crippen molar-refractivity contribution >= 4 is 5.97 Å². The third-order valence-electron chi connectivity index (χ3n) is 7.26. The molecule has 0 bridgehead atoms. The zero-order valence-electron chi connectivity index (χ0n) is 21.1. The monoisotopic (exact) mass is 438 g/mol. The number of allylic oxidation sites excluding steroid dienone is 1. The lowest BCUT2D eigenvalue weighted by atomic mass is 9.70. The summed E-state index contributed by atoms with van der Waals surface area (Å²) in [6, 6.07) is 0. The molecule has 0 saturated heterocycles. The van der Waals surface area contributed by atoms with Crippen LogP contribution in [0.25, 0.3) is 0 Å². The number of carbonyl (C=O) groups is 1. The van der Waals surface area contributed by atoms with Gasteiger partial charge in [0, 0.05) is 6.08 Å². The maximum Gasteiger partial charge on any atom is 0.330 e. The molecule has 2 rings (SSSR count). The summed E-state index contributed by atoms with van der Waals surface area (Å²) in [5.74, 6) is 5.19. The zero-order valence-corrected chi connectivity index (χ0v) is 21.1. The average Bonchev–Trinajstić information content (AvgIpc) is 2.72. The van der Waals surface area contributed by atoms with Crippen LogP contribution in [-0.4, -0.2) is 37.5 Å². The van der Waals surface area contributed by atoms with Gasteiger partial charge in [-0.1, -0.05) is 66.9 Å². The van der Waals surface area contributed by atoms with Crippen molar-refractivity contribution < 1.29 is 19.4 Å². The Hall–Kier alpha value is -0.870. The molecule has 0 amide bonds. The van der Waals surface area contributed by atoms with Gasteiger partial charge >= 0.3 is 5.97 Å². The van der Waals surface area contributed by atoms with Crippen molar-refractivity contribution in [1.82, 2.24) is 0 Å². The van der Waals surface area contributed by atoms with Gasteiger partial charge in [-0.2, -0.15) is 0 Å². The third-order valence-corrected chi connectivity index (χ3v) is 7.26. The molecule has 3 unspecified atom stereocenters. The van der Waals surface area contributed by atoms with E-state index in [2.05, 4.69) is 41.5 Å². The Morgan fingerprint density at radius 3 is 2.13 bits per heavy atom. The quantitative estimate of drug-likeness (QED) is 0.262. The number of rotatable bonds is 9. The van der Waals surface area contributed by atoms with Crippen molar-refractivity contribution in [2.75, 3.05) is 26.4 Å². The fourth-order valence-electron chi connectivity index (χ4n) is 5.07. The predicted octanol–water partition coefficient (Wildman–Crippen LogP) is 6.27. The molecule has 0 aromatic carbocycles. The van der Waals surface area contributed by atoms with Gasteiger partial charge in [-0.3, -0.25) is 0 Å². The van der Waals surface area contributed by atoms with Crippen molar-refractivity contribution in [3.63, 3.8) is 0 Å². The van der Waals surface area contributed by atoms with Gasteiger partial charge in [0.1, 0.15) is 6.61 Å². The van der Waals surface area contributed by atoms with Gasteiger partial charge < -0.3 is 14.6 Å². The van der Waals surface area contributed by atoms with Gasteiger partial charge in [0.05, 0.1) is 19.8 Å². The summed E-state index contributed by atoms with van der Waals surface area (Å²) in [5.41, 5.74) is 0. The third kappa shape index (κ3) is 12.1. The summed E-state index contributed by atoms with van der Waals surface area (Å²) in [5, 5.41) is 8.55. The first-order chi connectivity index (χ1) is 14.7. The largest absolute Gasteiger partial charge is 0.460 e. The molecule has 0 spiro atoms. The van der Waals surface area contributed by atoms with Crippen LogP contribution in [0.3, 0.4) is 0 Å². The van der Waals surface area contributed by atoms with E-state index in [1.807, 2.05) is 6.08 Å². The summed E-state index contributed by atoms with van der Waals surface area (Å²) >= 11 is 0. The zero-order chi connectivity index (χ0) is 23.2. The summed E-state index contributed by atoms with van der Waals surface area (Å²) in [4.78, 5) is 11.7. The fourth-order valence-corrected chi connectivity index (χ4v) is 5.07. The maximum absolute atomic E-state index is 11.7. The van der Waals surface area contributed by atoms with Gasteiger partial charge in [-0.25, -0.2) is 4.79 Å². The second kappa shape index (κ2) is 15.9. The second-order valence-corrected chi connectivity index (χ2v) is 10.6. The number of esters is 1. The summed E-state index contributed by atoms with van der Waals surface area (Å²) in [6.45, 7) is 14.8. The van der Waals surface area contributed by atoms with Crippen LogP contribution in [0, 0.1) is 41.4 Å². The number of hydrogen-bond acceptors (Lipinski definition) is 4. The average molecular weight is 439 g/mol. The van der Waals surface area contributed by atoms with Crippen LogP contribution in [0.2, 0.25) is 0 Å². The van der Waals surface area contributed by atoms with Crippen LogP contribution < -0.4 is 0 Å². The highest BCUT2D eigenvalue weighted by atomic mass is 16.6. The van der Waals surface area contributed by atoms with Crippen molar-refractivity contribution in [3.8, 4) is 0 Å². The van der Waals surface area contributed by atoms with Gasteiger partial charge in [-0.05, 0) is 67.1 Å². The van der Waals surface area contributed by atoms with E-state index in [1.165, 1.54) is 38.5 Å². The SMILES string of the molecule is CC1CCC(C(C)C)C(C=CC(=O)OCCOCCO)C1.CC1CCC(C(C)C)CC1. The van der Waals surface area contributed by atoms with E-state index in [9.17, 15) is 4.79 Å². The fraction of sp³-hybridized carbons (Fsp3) is 0.889. The Kier molecular flexibility index (Phi) is 14.4. The number of ether oxygens (including phenoxy) is 2. The van der Waals surface area contributed by atoms with Crippen LogP contribution in [0.5, 0.6) is 0 Å². The molecule has 1 N–H and O–H groups in total. The van der Waals surface area contributed by atoms with E-state index >= 15 is 0 Å². The number of aliphatic hydroxyl groups excluding tert-OH is 1. The van der Waals surface area contributed by atoms with E-state index in [0.717, 1.165) is 30.1 Å². The van der Waals surface area contributed by atoms with Crippen molar-refractivity contribution in [2.24, 2.45) is 41.4 Å². The molecule has 3 atom stereocenters. The first-order valence-electron chi connectivity index (χ1n) is 12.8. The molecule has 4 nitrogen and oxygen atoms in total. The minimum atomic E-state index is -0.302. The summed E-state index contributed by atoms with van der Waals surface area (Å²) in [7, 11) is 0. The lowest BCUT2D eigenvalue weighted by molar-refractivity contribution is -0.139. The molecule has 2 aliphatic carbocycles. The van der Waals surface area contributed by atoms with E-state index in [4.69, 9.17) is 14.6 Å². The van der Waals surface area contributed by atoms with Crippen LogP contribution in [0.4, 0.5) is 0 Å². The van der Waals surface area contributed by atoms with Gasteiger partial charge in [0.25, 0.3) is 0 Å². The molecule has 0 radical (unpaired) electrons. The topological polar surface area (TPSA) is 55.8 Å². The molecule has 2 fully saturated rings. The second-order valence-electron chi connectivity index (χ2n) is 10.6. The van der Waals surface area contributed by atoms with Gasteiger partial charge in [0.15, 0.2) is 0 Å². The molecule has 31 heavy (non-hydrogen) atoms.